The van der Waals surface area contributed by atoms with Gasteiger partial charge in [-0.25, -0.2) is 5.43 Å². The molecule has 96 valence electrons. The van der Waals surface area contributed by atoms with Crippen LogP contribution >= 0.6 is 0 Å². The number of nitrogens with two attached hydrogens (primary N) is 1. The van der Waals surface area contributed by atoms with Crippen LogP contribution in [0.5, 0.6) is 0 Å². The van der Waals surface area contributed by atoms with Crippen LogP contribution in [0.2, 0.25) is 0 Å². The molecule has 3 heteroatoms. The standard InChI is InChI=1S/C15H20N2O/c1-15(2,3)13-6-4-11(5-7-13)14(17-16)12-8-9-18-10-12/h4-10,14,17H,16H2,1-3H3. The molecule has 0 aliphatic heterocycles. The second-order valence-electron chi connectivity index (χ2n) is 5.53. The van der Waals surface area contributed by atoms with E-state index in [1.54, 1.807) is 12.5 Å². The Morgan fingerprint density at radius 3 is 2.17 bits per heavy atom. The van der Waals surface area contributed by atoms with E-state index in [-0.39, 0.29) is 11.5 Å². The highest BCUT2D eigenvalue weighted by Gasteiger charge is 2.16. The van der Waals surface area contributed by atoms with E-state index in [9.17, 15) is 0 Å². The Bertz CT molecular complexity index is 480. The molecule has 0 saturated carbocycles. The van der Waals surface area contributed by atoms with Crippen molar-refractivity contribution in [1.82, 2.24) is 5.43 Å². The Morgan fingerprint density at radius 1 is 1.06 bits per heavy atom. The van der Waals surface area contributed by atoms with E-state index in [4.69, 9.17) is 10.3 Å². The van der Waals surface area contributed by atoms with E-state index >= 15 is 0 Å². The third kappa shape index (κ3) is 2.63. The minimum absolute atomic E-state index is 0.0298. The van der Waals surface area contributed by atoms with Crippen molar-refractivity contribution in [2.24, 2.45) is 5.84 Å². The van der Waals surface area contributed by atoms with Crippen molar-refractivity contribution >= 4 is 0 Å². The molecule has 0 aliphatic rings. The SMILES string of the molecule is CC(C)(C)c1ccc(C(NN)c2ccoc2)cc1. The maximum absolute atomic E-state index is 5.63. The maximum atomic E-state index is 5.63. The van der Waals surface area contributed by atoms with Crippen molar-refractivity contribution < 1.29 is 4.42 Å². The smallest absolute Gasteiger partial charge is 0.0954 e. The molecule has 0 saturated heterocycles. The lowest BCUT2D eigenvalue weighted by molar-refractivity contribution is 0.553. The van der Waals surface area contributed by atoms with Gasteiger partial charge >= 0.3 is 0 Å². The van der Waals surface area contributed by atoms with Gasteiger partial charge in [0.25, 0.3) is 0 Å². The van der Waals surface area contributed by atoms with Gasteiger partial charge in [-0.15, -0.1) is 0 Å². The number of nitrogens with one attached hydrogen (secondary N) is 1. The summed E-state index contributed by atoms with van der Waals surface area (Å²) < 4.78 is 5.10. The molecule has 1 aromatic carbocycles. The molecule has 0 radical (unpaired) electrons. The van der Waals surface area contributed by atoms with Crippen molar-refractivity contribution in [3.63, 3.8) is 0 Å². The number of hydrogen-bond donors (Lipinski definition) is 2. The van der Waals surface area contributed by atoms with Gasteiger partial charge in [0.05, 0.1) is 18.6 Å². The van der Waals surface area contributed by atoms with Gasteiger partial charge in [-0.2, -0.15) is 0 Å². The Morgan fingerprint density at radius 2 is 1.72 bits per heavy atom. The summed E-state index contributed by atoms with van der Waals surface area (Å²) in [6.45, 7) is 6.62. The van der Waals surface area contributed by atoms with Gasteiger partial charge < -0.3 is 4.42 Å². The van der Waals surface area contributed by atoms with Crippen molar-refractivity contribution in [1.29, 1.82) is 0 Å². The first kappa shape index (κ1) is 12.9. The second-order valence-corrected chi connectivity index (χ2v) is 5.53. The molecular weight excluding hydrogens is 224 g/mol. The quantitative estimate of drug-likeness (QED) is 0.644. The molecule has 18 heavy (non-hydrogen) atoms. The predicted molar refractivity (Wildman–Crippen MR) is 73.0 cm³/mol. The Hall–Kier alpha value is -1.58. The van der Waals surface area contributed by atoms with Crippen molar-refractivity contribution in [2.75, 3.05) is 0 Å². The molecule has 2 aromatic rings. The molecule has 0 spiro atoms. The number of hydrazine groups is 1. The fourth-order valence-corrected chi connectivity index (χ4v) is 2.00. The topological polar surface area (TPSA) is 51.2 Å². The van der Waals surface area contributed by atoms with Crippen LogP contribution < -0.4 is 11.3 Å². The summed E-state index contributed by atoms with van der Waals surface area (Å²) in [5, 5.41) is 0. The van der Waals surface area contributed by atoms with Gasteiger partial charge in [-0.05, 0) is 22.6 Å². The molecule has 1 atom stereocenters. The number of rotatable bonds is 3. The molecule has 3 nitrogen and oxygen atoms in total. The fourth-order valence-electron chi connectivity index (χ4n) is 2.00. The van der Waals surface area contributed by atoms with Gasteiger partial charge in [0.1, 0.15) is 0 Å². The maximum Gasteiger partial charge on any atom is 0.0954 e. The van der Waals surface area contributed by atoms with Gasteiger partial charge in [0.2, 0.25) is 0 Å². The highest BCUT2D eigenvalue weighted by atomic mass is 16.3. The molecule has 3 N–H and O–H groups in total. The average Bonchev–Trinajstić information content (AvgIpc) is 2.83. The Labute approximate surface area is 108 Å². The van der Waals surface area contributed by atoms with Crippen molar-refractivity contribution in [3.05, 3.63) is 59.5 Å². The highest BCUT2D eigenvalue weighted by Crippen LogP contribution is 2.26. The minimum Gasteiger partial charge on any atom is -0.472 e. The van der Waals surface area contributed by atoms with Crippen molar-refractivity contribution in [2.45, 2.75) is 32.2 Å². The summed E-state index contributed by atoms with van der Waals surface area (Å²) >= 11 is 0. The monoisotopic (exact) mass is 244 g/mol. The molecule has 0 amide bonds. The van der Waals surface area contributed by atoms with Crippen LogP contribution in [0, 0.1) is 0 Å². The van der Waals surface area contributed by atoms with E-state index < -0.39 is 0 Å². The van der Waals surface area contributed by atoms with Crippen LogP contribution in [0.15, 0.2) is 47.3 Å². The molecule has 2 rings (SSSR count). The van der Waals surface area contributed by atoms with Crippen LogP contribution in [0.25, 0.3) is 0 Å². The number of benzene rings is 1. The fraction of sp³-hybridized carbons (Fsp3) is 0.333. The molecular formula is C15H20N2O. The Kier molecular flexibility index (Phi) is 3.55. The molecule has 1 heterocycles. The summed E-state index contributed by atoms with van der Waals surface area (Å²) in [4.78, 5) is 0. The molecule has 0 fully saturated rings. The van der Waals surface area contributed by atoms with Crippen LogP contribution in [-0.2, 0) is 5.41 Å². The zero-order valence-electron chi connectivity index (χ0n) is 11.1. The van der Waals surface area contributed by atoms with Gasteiger partial charge in [0, 0.05) is 5.56 Å². The van der Waals surface area contributed by atoms with Crippen molar-refractivity contribution in [3.8, 4) is 0 Å². The summed E-state index contributed by atoms with van der Waals surface area (Å²) in [7, 11) is 0. The third-order valence-corrected chi connectivity index (χ3v) is 3.15. The lowest BCUT2D eigenvalue weighted by Gasteiger charge is -2.21. The molecule has 0 bridgehead atoms. The lowest BCUT2D eigenvalue weighted by Crippen LogP contribution is -2.28. The summed E-state index contributed by atoms with van der Waals surface area (Å²) in [5.41, 5.74) is 6.46. The zero-order chi connectivity index (χ0) is 13.2. The predicted octanol–water partition coefficient (Wildman–Crippen LogP) is 3.13. The average molecular weight is 244 g/mol. The second kappa shape index (κ2) is 4.96. The van der Waals surface area contributed by atoms with Crippen LogP contribution in [0.4, 0.5) is 0 Å². The van der Waals surface area contributed by atoms with Crippen LogP contribution in [-0.4, -0.2) is 0 Å². The number of furan rings is 1. The van der Waals surface area contributed by atoms with E-state index in [0.717, 1.165) is 11.1 Å². The van der Waals surface area contributed by atoms with E-state index in [1.165, 1.54) is 5.56 Å². The number of hydrogen-bond acceptors (Lipinski definition) is 3. The van der Waals surface area contributed by atoms with E-state index in [1.807, 2.05) is 6.07 Å². The molecule has 1 aromatic heterocycles. The first-order valence-electron chi connectivity index (χ1n) is 6.11. The minimum atomic E-state index is -0.0298. The van der Waals surface area contributed by atoms with Gasteiger partial charge in [-0.1, -0.05) is 45.0 Å². The van der Waals surface area contributed by atoms with Crippen LogP contribution in [0.3, 0.4) is 0 Å². The summed E-state index contributed by atoms with van der Waals surface area (Å²) in [6, 6.07) is 10.4. The largest absolute Gasteiger partial charge is 0.472 e. The summed E-state index contributed by atoms with van der Waals surface area (Å²) in [5.74, 6) is 5.63. The molecule has 0 aliphatic carbocycles. The molecule has 1 unspecified atom stereocenters. The van der Waals surface area contributed by atoms with Gasteiger partial charge in [0.15, 0.2) is 0 Å². The third-order valence-electron chi connectivity index (χ3n) is 3.15. The Balaban J connectivity index is 2.28. The zero-order valence-corrected chi connectivity index (χ0v) is 11.1. The van der Waals surface area contributed by atoms with Gasteiger partial charge in [-0.3, -0.25) is 5.84 Å². The first-order chi connectivity index (χ1) is 8.52. The summed E-state index contributed by atoms with van der Waals surface area (Å²) in [6.07, 6.45) is 3.37. The lowest BCUT2D eigenvalue weighted by atomic mass is 9.86. The normalized spacial score (nSPS) is 13.6. The van der Waals surface area contributed by atoms with Crippen LogP contribution in [0.1, 0.15) is 43.5 Å². The van der Waals surface area contributed by atoms with E-state index in [0.29, 0.717) is 0 Å². The van der Waals surface area contributed by atoms with E-state index in [2.05, 4.69) is 50.5 Å². The highest BCUT2D eigenvalue weighted by molar-refractivity contribution is 5.33. The first-order valence-corrected chi connectivity index (χ1v) is 6.11.